The SMILES string of the molecule is Cc1oc(C(=O)NCCC2CCCCO2)cc1S(N)(=O)=O. The molecule has 1 aromatic heterocycles. The van der Waals surface area contributed by atoms with Crippen LogP contribution >= 0.6 is 0 Å². The van der Waals surface area contributed by atoms with E-state index in [1.807, 2.05) is 0 Å². The van der Waals surface area contributed by atoms with Crippen LogP contribution in [0.5, 0.6) is 0 Å². The van der Waals surface area contributed by atoms with Gasteiger partial charge in [0, 0.05) is 19.2 Å². The van der Waals surface area contributed by atoms with E-state index in [1.165, 1.54) is 6.92 Å². The molecule has 0 spiro atoms. The maximum atomic E-state index is 11.9. The molecule has 1 atom stereocenters. The van der Waals surface area contributed by atoms with Crippen LogP contribution in [0.15, 0.2) is 15.4 Å². The first kappa shape index (κ1) is 16.0. The molecule has 1 amide bonds. The number of primary sulfonamides is 1. The zero-order valence-electron chi connectivity index (χ0n) is 11.9. The molecule has 0 radical (unpaired) electrons. The fourth-order valence-corrected chi connectivity index (χ4v) is 3.04. The summed E-state index contributed by atoms with van der Waals surface area (Å²) in [4.78, 5) is 11.7. The third-order valence-corrected chi connectivity index (χ3v) is 4.45. The first-order valence-electron chi connectivity index (χ1n) is 6.91. The monoisotopic (exact) mass is 316 g/mol. The molecule has 118 valence electrons. The molecule has 0 aliphatic carbocycles. The van der Waals surface area contributed by atoms with Crippen molar-refractivity contribution < 1.29 is 22.4 Å². The molecule has 1 fully saturated rings. The largest absolute Gasteiger partial charge is 0.455 e. The smallest absolute Gasteiger partial charge is 0.287 e. The molecule has 21 heavy (non-hydrogen) atoms. The molecule has 0 saturated carbocycles. The highest BCUT2D eigenvalue weighted by Crippen LogP contribution is 2.19. The summed E-state index contributed by atoms with van der Waals surface area (Å²) < 4.78 is 33.3. The summed E-state index contributed by atoms with van der Waals surface area (Å²) in [5, 5.41) is 7.72. The van der Waals surface area contributed by atoms with Gasteiger partial charge in [-0.15, -0.1) is 0 Å². The number of nitrogens with one attached hydrogen (secondary N) is 1. The molecule has 2 rings (SSSR count). The zero-order valence-corrected chi connectivity index (χ0v) is 12.7. The van der Waals surface area contributed by atoms with Gasteiger partial charge >= 0.3 is 0 Å². The lowest BCUT2D eigenvalue weighted by Gasteiger charge is -2.22. The van der Waals surface area contributed by atoms with Gasteiger partial charge in [0.2, 0.25) is 10.0 Å². The van der Waals surface area contributed by atoms with Gasteiger partial charge in [-0.2, -0.15) is 0 Å². The van der Waals surface area contributed by atoms with Crippen LogP contribution in [0.3, 0.4) is 0 Å². The standard InChI is InChI=1S/C13H20N2O5S/c1-9-12(21(14,17)18)8-11(20-9)13(16)15-6-5-10-4-2-3-7-19-10/h8,10H,2-7H2,1H3,(H,15,16)(H2,14,17,18). The Labute approximate surface area is 123 Å². The Morgan fingerprint density at radius 1 is 1.48 bits per heavy atom. The summed E-state index contributed by atoms with van der Waals surface area (Å²) in [7, 11) is -3.88. The van der Waals surface area contributed by atoms with Gasteiger partial charge in [0.05, 0.1) is 6.10 Å². The minimum absolute atomic E-state index is 0.0545. The van der Waals surface area contributed by atoms with Crippen molar-refractivity contribution in [3.63, 3.8) is 0 Å². The van der Waals surface area contributed by atoms with E-state index in [-0.39, 0.29) is 22.5 Å². The predicted octanol–water partition coefficient (Wildman–Crippen LogP) is 0.924. The van der Waals surface area contributed by atoms with E-state index < -0.39 is 15.9 Å². The lowest BCUT2D eigenvalue weighted by Crippen LogP contribution is -2.29. The van der Waals surface area contributed by atoms with Gasteiger partial charge in [0.1, 0.15) is 10.7 Å². The summed E-state index contributed by atoms with van der Waals surface area (Å²) in [6.45, 7) is 2.67. The number of furan rings is 1. The molecule has 1 aliphatic rings. The number of sulfonamides is 1. The Morgan fingerprint density at radius 3 is 2.81 bits per heavy atom. The van der Waals surface area contributed by atoms with Crippen molar-refractivity contribution in [2.24, 2.45) is 5.14 Å². The van der Waals surface area contributed by atoms with Crippen LogP contribution < -0.4 is 10.5 Å². The Hall–Kier alpha value is -1.38. The average Bonchev–Trinajstić information content (AvgIpc) is 2.82. The molecule has 7 nitrogen and oxygen atoms in total. The highest BCUT2D eigenvalue weighted by Gasteiger charge is 2.21. The van der Waals surface area contributed by atoms with Crippen molar-refractivity contribution in [3.05, 3.63) is 17.6 Å². The zero-order chi connectivity index (χ0) is 15.5. The molecule has 1 aliphatic heterocycles. The number of carbonyl (C=O) groups excluding carboxylic acids is 1. The Bertz CT molecular complexity index is 602. The third-order valence-electron chi connectivity index (χ3n) is 3.43. The quantitative estimate of drug-likeness (QED) is 0.839. The van der Waals surface area contributed by atoms with E-state index in [4.69, 9.17) is 14.3 Å². The molecular formula is C13H20N2O5S. The average molecular weight is 316 g/mol. The molecule has 1 unspecified atom stereocenters. The van der Waals surface area contributed by atoms with Gasteiger partial charge in [0.15, 0.2) is 5.76 Å². The van der Waals surface area contributed by atoms with Crippen molar-refractivity contribution >= 4 is 15.9 Å². The number of ether oxygens (including phenoxy) is 1. The van der Waals surface area contributed by atoms with Crippen molar-refractivity contribution in [2.75, 3.05) is 13.2 Å². The molecule has 0 bridgehead atoms. The topological polar surface area (TPSA) is 112 Å². The van der Waals surface area contributed by atoms with E-state index in [9.17, 15) is 13.2 Å². The number of hydrogen-bond donors (Lipinski definition) is 2. The summed E-state index contributed by atoms with van der Waals surface area (Å²) in [5.41, 5.74) is 0. The third kappa shape index (κ3) is 4.29. The number of aryl methyl sites for hydroxylation is 1. The van der Waals surface area contributed by atoms with Crippen LogP contribution in [0.25, 0.3) is 0 Å². The molecule has 8 heteroatoms. The second kappa shape index (κ2) is 6.59. The van der Waals surface area contributed by atoms with Crippen LogP contribution in [-0.4, -0.2) is 33.6 Å². The van der Waals surface area contributed by atoms with Crippen LogP contribution in [0.1, 0.15) is 42.0 Å². The molecule has 1 saturated heterocycles. The fourth-order valence-electron chi connectivity index (χ4n) is 2.33. The van der Waals surface area contributed by atoms with Crippen molar-refractivity contribution in [1.82, 2.24) is 5.32 Å². The van der Waals surface area contributed by atoms with Gasteiger partial charge in [-0.05, 0) is 32.6 Å². The van der Waals surface area contributed by atoms with Gasteiger partial charge < -0.3 is 14.5 Å². The Kier molecular flexibility index (Phi) is 5.02. The Morgan fingerprint density at radius 2 is 2.24 bits per heavy atom. The van der Waals surface area contributed by atoms with E-state index in [1.54, 1.807) is 0 Å². The minimum Gasteiger partial charge on any atom is -0.455 e. The van der Waals surface area contributed by atoms with Crippen molar-refractivity contribution in [3.8, 4) is 0 Å². The molecule has 3 N–H and O–H groups in total. The minimum atomic E-state index is -3.88. The lowest BCUT2D eigenvalue weighted by molar-refractivity contribution is 0.0116. The van der Waals surface area contributed by atoms with Gasteiger partial charge in [-0.25, -0.2) is 13.6 Å². The van der Waals surface area contributed by atoms with Gasteiger partial charge in [-0.3, -0.25) is 4.79 Å². The normalized spacial score (nSPS) is 19.4. The number of hydrogen-bond acceptors (Lipinski definition) is 5. The number of carbonyl (C=O) groups is 1. The first-order valence-corrected chi connectivity index (χ1v) is 8.45. The fraction of sp³-hybridized carbons (Fsp3) is 0.615. The first-order chi connectivity index (χ1) is 9.88. The van der Waals surface area contributed by atoms with Crippen LogP contribution in [0.2, 0.25) is 0 Å². The van der Waals surface area contributed by atoms with Gasteiger partial charge in [-0.1, -0.05) is 0 Å². The molecular weight excluding hydrogens is 296 g/mol. The second-order valence-corrected chi connectivity index (χ2v) is 6.64. The lowest BCUT2D eigenvalue weighted by atomic mass is 10.1. The van der Waals surface area contributed by atoms with E-state index in [0.717, 1.165) is 38.4 Å². The van der Waals surface area contributed by atoms with E-state index >= 15 is 0 Å². The summed E-state index contributed by atoms with van der Waals surface area (Å²) in [6.07, 6.45) is 4.15. The maximum absolute atomic E-state index is 11.9. The van der Waals surface area contributed by atoms with Crippen molar-refractivity contribution in [1.29, 1.82) is 0 Å². The summed E-state index contributed by atoms with van der Waals surface area (Å²) >= 11 is 0. The number of nitrogens with two attached hydrogens (primary N) is 1. The number of amides is 1. The maximum Gasteiger partial charge on any atom is 0.287 e. The van der Waals surface area contributed by atoms with Crippen LogP contribution in [0, 0.1) is 6.92 Å². The molecule has 1 aromatic rings. The predicted molar refractivity (Wildman–Crippen MR) is 75.4 cm³/mol. The van der Waals surface area contributed by atoms with E-state index in [0.29, 0.717) is 6.54 Å². The highest BCUT2D eigenvalue weighted by molar-refractivity contribution is 7.89. The van der Waals surface area contributed by atoms with Crippen LogP contribution in [0.4, 0.5) is 0 Å². The molecule has 2 heterocycles. The number of rotatable bonds is 5. The second-order valence-electron chi connectivity index (χ2n) is 5.11. The molecule has 0 aromatic carbocycles. The Balaban J connectivity index is 1.88. The summed E-state index contributed by atoms with van der Waals surface area (Å²) in [5.74, 6) is -0.400. The summed E-state index contributed by atoms with van der Waals surface area (Å²) in [6, 6.07) is 1.15. The van der Waals surface area contributed by atoms with Crippen molar-refractivity contribution in [2.45, 2.75) is 43.6 Å². The van der Waals surface area contributed by atoms with E-state index in [2.05, 4.69) is 5.32 Å². The highest BCUT2D eigenvalue weighted by atomic mass is 32.2. The van der Waals surface area contributed by atoms with Gasteiger partial charge in [0.25, 0.3) is 5.91 Å². The van der Waals surface area contributed by atoms with Crippen LogP contribution in [-0.2, 0) is 14.8 Å².